The zero-order valence-electron chi connectivity index (χ0n) is 11.8. The Balaban J connectivity index is 2.26. The van der Waals surface area contributed by atoms with E-state index in [1.807, 2.05) is 18.2 Å². The van der Waals surface area contributed by atoms with Crippen LogP contribution in [0.3, 0.4) is 0 Å². The first-order valence-corrected chi connectivity index (χ1v) is 8.98. The van der Waals surface area contributed by atoms with Crippen LogP contribution in [0.25, 0.3) is 0 Å². The number of benzene rings is 1. The Morgan fingerprint density at radius 2 is 1.80 bits per heavy atom. The van der Waals surface area contributed by atoms with Gasteiger partial charge in [-0.2, -0.15) is 0 Å². The Morgan fingerprint density at radius 1 is 1.20 bits per heavy atom. The molecule has 1 N–H and O–H groups in total. The molecule has 0 bridgehead atoms. The Kier molecular flexibility index (Phi) is 5.11. The summed E-state index contributed by atoms with van der Waals surface area (Å²) in [5.41, 5.74) is 2.42. The number of hydrogen-bond donors (Lipinski definition) is 1. The van der Waals surface area contributed by atoms with Crippen molar-refractivity contribution in [2.45, 2.75) is 38.7 Å². The molecule has 20 heavy (non-hydrogen) atoms. The van der Waals surface area contributed by atoms with Crippen LogP contribution in [-0.2, 0) is 5.41 Å². The SMILES string of the molecule is CCC(C)(C)c1ccc(C(O)c2cc(Br)c(Br)s2)cc1. The van der Waals surface area contributed by atoms with Crippen LogP contribution in [0.1, 0.15) is 49.3 Å². The fourth-order valence-electron chi connectivity index (χ4n) is 1.98. The summed E-state index contributed by atoms with van der Waals surface area (Å²) >= 11 is 8.47. The summed E-state index contributed by atoms with van der Waals surface area (Å²) in [7, 11) is 0. The van der Waals surface area contributed by atoms with E-state index in [2.05, 4.69) is 64.8 Å². The van der Waals surface area contributed by atoms with Gasteiger partial charge in [-0.05, 0) is 60.9 Å². The van der Waals surface area contributed by atoms with Crippen LogP contribution in [-0.4, -0.2) is 5.11 Å². The van der Waals surface area contributed by atoms with E-state index < -0.39 is 6.10 Å². The van der Waals surface area contributed by atoms with Crippen LogP contribution in [0, 0.1) is 0 Å². The molecule has 0 spiro atoms. The first-order chi connectivity index (χ1) is 9.35. The zero-order valence-corrected chi connectivity index (χ0v) is 15.8. The van der Waals surface area contributed by atoms with E-state index in [1.165, 1.54) is 5.56 Å². The third-order valence-electron chi connectivity index (χ3n) is 3.83. The summed E-state index contributed by atoms with van der Waals surface area (Å²) in [6, 6.07) is 10.3. The van der Waals surface area contributed by atoms with Gasteiger partial charge in [-0.3, -0.25) is 0 Å². The van der Waals surface area contributed by atoms with Crippen molar-refractivity contribution in [2.75, 3.05) is 0 Å². The van der Waals surface area contributed by atoms with Gasteiger partial charge >= 0.3 is 0 Å². The van der Waals surface area contributed by atoms with Gasteiger partial charge in [-0.1, -0.05) is 45.0 Å². The van der Waals surface area contributed by atoms with Crippen LogP contribution in [0.5, 0.6) is 0 Å². The molecule has 1 unspecified atom stereocenters. The maximum absolute atomic E-state index is 10.4. The molecule has 1 aromatic heterocycles. The normalized spacial score (nSPS) is 13.5. The fourth-order valence-corrected chi connectivity index (χ4v) is 4.09. The first-order valence-electron chi connectivity index (χ1n) is 6.58. The highest BCUT2D eigenvalue weighted by molar-refractivity contribution is 9.13. The molecule has 2 aromatic rings. The zero-order chi connectivity index (χ0) is 14.9. The number of thiophene rings is 1. The summed E-state index contributed by atoms with van der Waals surface area (Å²) in [4.78, 5) is 0.936. The van der Waals surface area contributed by atoms with Gasteiger partial charge in [0.05, 0.1) is 3.79 Å². The lowest BCUT2D eigenvalue weighted by Crippen LogP contribution is -2.15. The predicted molar refractivity (Wildman–Crippen MR) is 93.5 cm³/mol. The van der Waals surface area contributed by atoms with Crippen LogP contribution in [0.2, 0.25) is 0 Å². The third-order valence-corrected chi connectivity index (χ3v) is 7.13. The van der Waals surface area contributed by atoms with Gasteiger partial charge in [-0.25, -0.2) is 0 Å². The Labute approximate surface area is 141 Å². The van der Waals surface area contributed by atoms with Gasteiger partial charge in [0.2, 0.25) is 0 Å². The highest BCUT2D eigenvalue weighted by Gasteiger charge is 2.19. The van der Waals surface area contributed by atoms with Crippen LogP contribution in [0.4, 0.5) is 0 Å². The van der Waals surface area contributed by atoms with E-state index in [-0.39, 0.29) is 5.41 Å². The fraction of sp³-hybridized carbons (Fsp3) is 0.375. The predicted octanol–water partition coefficient (Wildman–Crippen LogP) is 6.04. The average molecular weight is 418 g/mol. The van der Waals surface area contributed by atoms with Crippen LogP contribution < -0.4 is 0 Å². The summed E-state index contributed by atoms with van der Waals surface area (Å²) in [5.74, 6) is 0. The molecule has 0 fully saturated rings. The maximum atomic E-state index is 10.4. The third kappa shape index (κ3) is 3.35. The van der Waals surface area contributed by atoms with Gasteiger partial charge in [0, 0.05) is 9.35 Å². The maximum Gasteiger partial charge on any atom is 0.113 e. The Bertz CT molecular complexity index is 568. The molecule has 0 radical (unpaired) electrons. The van der Waals surface area contributed by atoms with Crippen LogP contribution in [0.15, 0.2) is 38.6 Å². The monoisotopic (exact) mass is 416 g/mol. The largest absolute Gasteiger partial charge is 0.383 e. The minimum Gasteiger partial charge on any atom is -0.383 e. The molecule has 2 rings (SSSR count). The number of aliphatic hydroxyl groups excluding tert-OH is 1. The Morgan fingerprint density at radius 3 is 2.25 bits per heavy atom. The van der Waals surface area contributed by atoms with Crippen molar-refractivity contribution < 1.29 is 5.11 Å². The number of halogens is 2. The second-order valence-electron chi connectivity index (χ2n) is 5.53. The number of rotatable bonds is 4. The average Bonchev–Trinajstić information content (AvgIpc) is 2.78. The standard InChI is InChI=1S/C16H18Br2OS/c1-4-16(2,3)11-7-5-10(6-8-11)14(19)13-9-12(17)15(18)20-13/h5-9,14,19H,4H2,1-3H3. The molecule has 1 atom stereocenters. The highest BCUT2D eigenvalue weighted by Crippen LogP contribution is 2.38. The van der Waals surface area contributed by atoms with Crippen molar-refractivity contribution in [1.29, 1.82) is 0 Å². The van der Waals surface area contributed by atoms with Crippen molar-refractivity contribution in [3.8, 4) is 0 Å². The van der Waals surface area contributed by atoms with Crippen molar-refractivity contribution in [1.82, 2.24) is 0 Å². The van der Waals surface area contributed by atoms with E-state index in [9.17, 15) is 5.11 Å². The second-order valence-corrected chi connectivity index (χ2v) is 8.79. The van der Waals surface area contributed by atoms with E-state index in [1.54, 1.807) is 11.3 Å². The summed E-state index contributed by atoms with van der Waals surface area (Å²) in [6.45, 7) is 6.68. The molecule has 0 aliphatic heterocycles. The van der Waals surface area contributed by atoms with Gasteiger partial charge in [-0.15, -0.1) is 11.3 Å². The second kappa shape index (κ2) is 6.30. The quantitative estimate of drug-likeness (QED) is 0.642. The molecule has 0 saturated carbocycles. The molecule has 4 heteroatoms. The van der Waals surface area contributed by atoms with E-state index >= 15 is 0 Å². The van der Waals surface area contributed by atoms with E-state index in [0.29, 0.717) is 0 Å². The van der Waals surface area contributed by atoms with Crippen molar-refractivity contribution in [3.63, 3.8) is 0 Å². The lowest BCUT2D eigenvalue weighted by Gasteiger charge is -2.23. The summed E-state index contributed by atoms with van der Waals surface area (Å²) in [5, 5.41) is 10.4. The first kappa shape index (κ1) is 16.2. The molecule has 1 heterocycles. The number of hydrogen-bond acceptors (Lipinski definition) is 2. The van der Waals surface area contributed by atoms with Crippen LogP contribution >= 0.6 is 43.2 Å². The lowest BCUT2D eigenvalue weighted by molar-refractivity contribution is 0.224. The molecule has 0 amide bonds. The smallest absolute Gasteiger partial charge is 0.113 e. The molecule has 1 aromatic carbocycles. The lowest BCUT2D eigenvalue weighted by atomic mass is 9.82. The van der Waals surface area contributed by atoms with Crippen molar-refractivity contribution in [3.05, 3.63) is 54.6 Å². The van der Waals surface area contributed by atoms with Gasteiger partial charge in [0.15, 0.2) is 0 Å². The van der Waals surface area contributed by atoms with E-state index in [4.69, 9.17) is 0 Å². The molecular formula is C16H18Br2OS. The van der Waals surface area contributed by atoms with Gasteiger partial charge in [0.1, 0.15) is 6.10 Å². The number of aliphatic hydroxyl groups is 1. The molecule has 1 nitrogen and oxygen atoms in total. The topological polar surface area (TPSA) is 20.2 Å². The van der Waals surface area contributed by atoms with Crippen molar-refractivity contribution >= 4 is 43.2 Å². The van der Waals surface area contributed by atoms with Gasteiger partial charge < -0.3 is 5.11 Å². The van der Waals surface area contributed by atoms with E-state index in [0.717, 1.165) is 25.1 Å². The minimum atomic E-state index is -0.568. The van der Waals surface area contributed by atoms with Gasteiger partial charge in [0.25, 0.3) is 0 Å². The molecule has 108 valence electrons. The molecule has 0 aliphatic rings. The van der Waals surface area contributed by atoms with Crippen molar-refractivity contribution in [2.24, 2.45) is 0 Å². The minimum absolute atomic E-state index is 0.179. The highest BCUT2D eigenvalue weighted by atomic mass is 79.9. The molecule has 0 aliphatic carbocycles. The molecule has 0 saturated heterocycles. The Hall–Kier alpha value is -0.160. The summed E-state index contributed by atoms with van der Waals surface area (Å²) < 4.78 is 2.00. The molecular weight excluding hydrogens is 400 g/mol. The summed E-state index contributed by atoms with van der Waals surface area (Å²) in [6.07, 6.45) is 0.529.